The summed E-state index contributed by atoms with van der Waals surface area (Å²) in [5.41, 5.74) is 2.08. The number of alkyl halides is 2. The van der Waals surface area contributed by atoms with Crippen molar-refractivity contribution in [3.63, 3.8) is 0 Å². The molecule has 1 amide bonds. The van der Waals surface area contributed by atoms with Gasteiger partial charge >= 0.3 is 0 Å². The minimum Gasteiger partial charge on any atom is -0.471 e. The molecule has 0 aromatic carbocycles. The molecule has 0 unspecified atom stereocenters. The Balaban J connectivity index is 1.75. The van der Waals surface area contributed by atoms with Crippen LogP contribution in [0.4, 0.5) is 8.78 Å². The number of aryl methyl sites for hydroxylation is 1. The molecule has 0 fully saturated rings. The lowest BCUT2D eigenvalue weighted by Gasteiger charge is -2.13. The average molecular weight is 435 g/mol. The number of pyridine rings is 2. The fourth-order valence-corrected chi connectivity index (χ4v) is 2.85. The number of aliphatic hydroxyl groups is 2. The van der Waals surface area contributed by atoms with Crippen LogP contribution in [0, 0.1) is 6.92 Å². The van der Waals surface area contributed by atoms with E-state index in [0.29, 0.717) is 23.0 Å². The van der Waals surface area contributed by atoms with E-state index in [1.807, 2.05) is 0 Å². The van der Waals surface area contributed by atoms with Gasteiger partial charge in [0.25, 0.3) is 11.8 Å². The van der Waals surface area contributed by atoms with Gasteiger partial charge in [-0.15, -0.1) is 0 Å². The van der Waals surface area contributed by atoms with Gasteiger partial charge < -0.3 is 20.3 Å². The molecule has 0 aliphatic carbocycles. The molecule has 0 bridgehead atoms. The summed E-state index contributed by atoms with van der Waals surface area (Å²) in [4.78, 5) is 20.6. The largest absolute Gasteiger partial charge is 0.471 e. The van der Waals surface area contributed by atoms with Crippen LogP contribution in [-0.4, -0.2) is 67.7 Å². The Bertz CT molecular complexity index is 1070. The number of hydrogen-bond donors (Lipinski definition) is 3. The van der Waals surface area contributed by atoms with E-state index in [2.05, 4.69) is 20.4 Å². The minimum absolute atomic E-state index is 0.106. The molecule has 0 aliphatic rings. The summed E-state index contributed by atoms with van der Waals surface area (Å²) >= 11 is 0. The van der Waals surface area contributed by atoms with Crippen LogP contribution in [0.1, 0.15) is 28.5 Å². The number of aromatic nitrogens is 4. The first-order chi connectivity index (χ1) is 14.7. The third-order valence-corrected chi connectivity index (χ3v) is 4.30. The summed E-state index contributed by atoms with van der Waals surface area (Å²) in [6.07, 6.45) is 3.58. The van der Waals surface area contributed by atoms with Gasteiger partial charge in [-0.1, -0.05) is 0 Å². The smallest absolute Gasteiger partial charge is 0.278 e. The number of carbonyl (C=O) groups excluding carboxylic acids is 1. The van der Waals surface area contributed by atoms with Crippen LogP contribution >= 0.6 is 0 Å². The topological polar surface area (TPSA) is 122 Å². The quantitative estimate of drug-likeness (QED) is 0.463. The van der Waals surface area contributed by atoms with Crippen molar-refractivity contribution in [3.8, 4) is 5.88 Å². The lowest BCUT2D eigenvalue weighted by molar-refractivity contribution is -0.0244. The van der Waals surface area contributed by atoms with Gasteiger partial charge in [0.1, 0.15) is 5.69 Å². The number of amides is 1. The monoisotopic (exact) mass is 435 g/mol. The first-order valence-corrected chi connectivity index (χ1v) is 9.51. The zero-order chi connectivity index (χ0) is 22.6. The highest BCUT2D eigenvalue weighted by Gasteiger charge is 2.23. The normalized spacial score (nSPS) is 12.7. The molecule has 0 aliphatic heterocycles. The van der Waals surface area contributed by atoms with Crippen molar-refractivity contribution in [2.24, 2.45) is 0 Å². The van der Waals surface area contributed by atoms with E-state index in [-0.39, 0.29) is 18.1 Å². The van der Waals surface area contributed by atoms with E-state index in [0.717, 1.165) is 12.5 Å². The van der Waals surface area contributed by atoms with Crippen LogP contribution < -0.4 is 10.1 Å². The Kier molecular flexibility index (Phi) is 6.76. The molecule has 3 aromatic heterocycles. The van der Waals surface area contributed by atoms with E-state index < -0.39 is 31.1 Å². The average Bonchev–Trinajstić information content (AvgIpc) is 3.12. The van der Waals surface area contributed by atoms with Crippen molar-refractivity contribution in [2.75, 3.05) is 19.8 Å². The first-order valence-electron chi connectivity index (χ1n) is 9.51. The Morgan fingerprint density at radius 3 is 2.84 bits per heavy atom. The molecule has 0 saturated heterocycles. The fraction of sp³-hybridized carbons (Fsp3) is 0.400. The van der Waals surface area contributed by atoms with Gasteiger partial charge in [0.2, 0.25) is 5.88 Å². The van der Waals surface area contributed by atoms with Crippen molar-refractivity contribution < 1.29 is 28.5 Å². The van der Waals surface area contributed by atoms with Gasteiger partial charge in [-0.25, -0.2) is 13.8 Å². The number of aliphatic hydroxyl groups excluding tert-OH is 2. The van der Waals surface area contributed by atoms with Crippen molar-refractivity contribution in [2.45, 2.75) is 32.4 Å². The molecule has 3 heterocycles. The molecule has 31 heavy (non-hydrogen) atoms. The molecular formula is C20H23F2N5O4. The first kappa shape index (κ1) is 22.5. The van der Waals surface area contributed by atoms with E-state index in [9.17, 15) is 18.7 Å². The van der Waals surface area contributed by atoms with Crippen LogP contribution in [0.5, 0.6) is 5.88 Å². The minimum atomic E-state index is -2.95. The van der Waals surface area contributed by atoms with Crippen molar-refractivity contribution in [1.29, 1.82) is 0 Å². The number of carbonyl (C=O) groups is 1. The lowest BCUT2D eigenvalue weighted by Crippen LogP contribution is -2.34. The standard InChI is InChI=1S/C20H23F2N5O4/c1-12-5-13(6-25-19(12)31-11-20(2,21)22)8-27-9-15-16(26-27)3-4-23-17(15)18(30)24-7-14(29)10-28/h3-6,9,14,28-29H,7-8,10-11H2,1-2H3,(H,24,30)/t14-/m1/s1. The predicted octanol–water partition coefficient (Wildman–Crippen LogP) is 1.30. The maximum atomic E-state index is 13.0. The van der Waals surface area contributed by atoms with Crippen LogP contribution in [0.3, 0.4) is 0 Å². The third kappa shape index (κ3) is 5.92. The van der Waals surface area contributed by atoms with Crippen LogP contribution in [0.25, 0.3) is 10.9 Å². The number of nitrogens with zero attached hydrogens (tertiary/aromatic N) is 4. The SMILES string of the molecule is Cc1cc(Cn2cc3c(C(=O)NC[C@@H](O)CO)nccc3n2)cnc1OCC(C)(F)F. The van der Waals surface area contributed by atoms with Crippen LogP contribution in [0.2, 0.25) is 0 Å². The van der Waals surface area contributed by atoms with Gasteiger partial charge in [-0.05, 0) is 24.6 Å². The molecule has 0 saturated carbocycles. The summed E-state index contributed by atoms with van der Waals surface area (Å²) in [6.45, 7) is 1.50. The fourth-order valence-electron chi connectivity index (χ4n) is 2.85. The van der Waals surface area contributed by atoms with Gasteiger partial charge in [-0.3, -0.25) is 14.5 Å². The Hall–Kier alpha value is -3.18. The second kappa shape index (κ2) is 9.31. The second-order valence-corrected chi connectivity index (χ2v) is 7.29. The van der Waals surface area contributed by atoms with Gasteiger partial charge in [-0.2, -0.15) is 5.10 Å². The van der Waals surface area contributed by atoms with E-state index in [4.69, 9.17) is 9.84 Å². The van der Waals surface area contributed by atoms with E-state index >= 15 is 0 Å². The van der Waals surface area contributed by atoms with Crippen LogP contribution in [0.15, 0.2) is 30.7 Å². The zero-order valence-electron chi connectivity index (χ0n) is 17.0. The Morgan fingerprint density at radius 1 is 1.39 bits per heavy atom. The molecule has 0 radical (unpaired) electrons. The third-order valence-electron chi connectivity index (χ3n) is 4.30. The molecule has 166 valence electrons. The summed E-state index contributed by atoms with van der Waals surface area (Å²) in [7, 11) is 0. The molecule has 3 N–H and O–H groups in total. The maximum absolute atomic E-state index is 13.0. The summed E-state index contributed by atoms with van der Waals surface area (Å²) < 4.78 is 32.7. The number of nitrogens with one attached hydrogen (secondary N) is 1. The number of rotatable bonds is 9. The van der Waals surface area contributed by atoms with E-state index in [1.54, 1.807) is 29.9 Å². The molecule has 9 nitrogen and oxygen atoms in total. The van der Waals surface area contributed by atoms with Crippen molar-refractivity contribution >= 4 is 16.8 Å². The van der Waals surface area contributed by atoms with Crippen molar-refractivity contribution in [3.05, 3.63) is 47.5 Å². The molecular weight excluding hydrogens is 412 g/mol. The summed E-state index contributed by atoms with van der Waals surface area (Å²) in [6, 6.07) is 3.43. The summed E-state index contributed by atoms with van der Waals surface area (Å²) in [5, 5.41) is 25.7. The summed E-state index contributed by atoms with van der Waals surface area (Å²) in [5.74, 6) is -3.30. The van der Waals surface area contributed by atoms with Crippen molar-refractivity contribution in [1.82, 2.24) is 25.1 Å². The number of halogens is 2. The molecule has 3 aromatic rings. The number of hydrogen-bond acceptors (Lipinski definition) is 7. The Labute approximate surface area is 176 Å². The van der Waals surface area contributed by atoms with E-state index in [1.165, 1.54) is 12.4 Å². The molecule has 0 spiro atoms. The number of fused-ring (bicyclic) bond motifs is 1. The Morgan fingerprint density at radius 2 is 2.16 bits per heavy atom. The highest BCUT2D eigenvalue weighted by molar-refractivity contribution is 6.04. The van der Waals surface area contributed by atoms with Crippen LogP contribution in [-0.2, 0) is 6.54 Å². The van der Waals surface area contributed by atoms with Gasteiger partial charge in [0.05, 0.1) is 30.2 Å². The second-order valence-electron chi connectivity index (χ2n) is 7.29. The lowest BCUT2D eigenvalue weighted by atomic mass is 10.2. The number of ether oxygens (including phenoxy) is 1. The van der Waals surface area contributed by atoms with Gasteiger partial charge in [0, 0.05) is 37.6 Å². The highest BCUT2D eigenvalue weighted by Crippen LogP contribution is 2.21. The molecule has 11 heteroatoms. The molecule has 3 rings (SSSR count). The highest BCUT2D eigenvalue weighted by atomic mass is 19.3. The predicted molar refractivity (Wildman–Crippen MR) is 107 cm³/mol. The zero-order valence-corrected chi connectivity index (χ0v) is 17.0. The molecule has 1 atom stereocenters. The van der Waals surface area contributed by atoms with Gasteiger partial charge in [0.15, 0.2) is 6.61 Å². The maximum Gasteiger partial charge on any atom is 0.278 e.